The lowest BCUT2D eigenvalue weighted by molar-refractivity contribution is 0.804. The van der Waals surface area contributed by atoms with Crippen molar-refractivity contribution in [3.63, 3.8) is 0 Å². The highest BCUT2D eigenvalue weighted by Crippen LogP contribution is 2.10. The second kappa shape index (κ2) is 9.78. The Bertz CT molecular complexity index is 873. The summed E-state index contributed by atoms with van der Waals surface area (Å²) in [5, 5.41) is 7.33. The molecule has 2 N–H and O–H groups in total. The molecule has 0 aliphatic carbocycles. The maximum Gasteiger partial charge on any atom is 0.191 e. The number of hydrogen-bond acceptors (Lipinski definition) is 2. The van der Waals surface area contributed by atoms with Crippen LogP contribution in [0.25, 0.3) is 5.65 Å². The molecule has 2 aromatic heterocycles. The number of pyridine rings is 1. The lowest BCUT2D eigenvalue weighted by atomic mass is 10.2. The summed E-state index contributed by atoms with van der Waals surface area (Å²) >= 11 is 5.92. The molecule has 1 aromatic carbocycles. The van der Waals surface area contributed by atoms with E-state index in [1.165, 1.54) is 5.69 Å². The Hall–Kier alpha value is -1.80. The molecule has 0 saturated heterocycles. The number of imidazole rings is 1. The number of aryl methyl sites for hydroxylation is 1. The molecule has 0 aliphatic heterocycles. The average molecular weight is 484 g/mol. The summed E-state index contributed by atoms with van der Waals surface area (Å²) in [6.45, 7) is 6.14. The van der Waals surface area contributed by atoms with Gasteiger partial charge in [0.05, 0.1) is 18.8 Å². The second-order valence-corrected chi connectivity index (χ2v) is 6.24. The largest absolute Gasteiger partial charge is 0.357 e. The van der Waals surface area contributed by atoms with Gasteiger partial charge in [-0.25, -0.2) is 9.98 Å². The highest BCUT2D eigenvalue weighted by Gasteiger charge is 2.04. The van der Waals surface area contributed by atoms with Gasteiger partial charge in [-0.15, -0.1) is 24.0 Å². The van der Waals surface area contributed by atoms with E-state index >= 15 is 0 Å². The van der Waals surface area contributed by atoms with Crippen LogP contribution in [0.1, 0.15) is 23.9 Å². The van der Waals surface area contributed by atoms with E-state index < -0.39 is 0 Å². The fraction of sp³-hybridized carbons (Fsp3) is 0.263. The molecule has 0 spiro atoms. The summed E-state index contributed by atoms with van der Waals surface area (Å²) in [6.07, 6.45) is 2.06. The number of aromatic nitrogens is 2. The second-order valence-electron chi connectivity index (χ2n) is 5.80. The van der Waals surface area contributed by atoms with E-state index in [4.69, 9.17) is 11.6 Å². The van der Waals surface area contributed by atoms with E-state index in [1.807, 2.05) is 43.3 Å². The Morgan fingerprint density at radius 2 is 1.92 bits per heavy atom. The molecule has 5 nitrogen and oxygen atoms in total. The van der Waals surface area contributed by atoms with Crippen molar-refractivity contribution in [2.75, 3.05) is 6.54 Å². The SMILES string of the molecule is CCNC(=NCc1ccc(Cl)cc1)NCc1cn2c(C)cccc2n1.I. The van der Waals surface area contributed by atoms with Crippen LogP contribution in [0, 0.1) is 6.92 Å². The molecule has 0 bridgehead atoms. The predicted octanol–water partition coefficient (Wildman–Crippen LogP) is 4.17. The predicted molar refractivity (Wildman–Crippen MR) is 118 cm³/mol. The van der Waals surface area contributed by atoms with E-state index in [-0.39, 0.29) is 24.0 Å². The molecular weight excluding hydrogens is 461 g/mol. The third-order valence-electron chi connectivity index (χ3n) is 3.86. The van der Waals surface area contributed by atoms with Crippen LogP contribution in [0.4, 0.5) is 0 Å². The number of benzene rings is 1. The first kappa shape index (κ1) is 20.5. The monoisotopic (exact) mass is 483 g/mol. The van der Waals surface area contributed by atoms with Crippen molar-refractivity contribution in [3.8, 4) is 0 Å². The maximum atomic E-state index is 5.92. The molecule has 3 rings (SSSR count). The molecule has 0 amide bonds. The van der Waals surface area contributed by atoms with Crippen molar-refractivity contribution in [2.45, 2.75) is 26.9 Å². The van der Waals surface area contributed by atoms with Crippen LogP contribution in [0.5, 0.6) is 0 Å². The standard InChI is InChI=1S/C19H22ClN5.HI/c1-3-21-19(22-11-15-7-9-16(20)10-8-15)23-12-17-13-25-14(2)5-4-6-18(25)24-17;/h4-10,13H,3,11-12H2,1-2H3,(H2,21,22,23);1H. The van der Waals surface area contributed by atoms with Crippen LogP contribution in [-0.2, 0) is 13.1 Å². The van der Waals surface area contributed by atoms with E-state index in [1.54, 1.807) is 0 Å². The number of hydrogen-bond donors (Lipinski definition) is 2. The zero-order chi connectivity index (χ0) is 17.6. The first-order valence-electron chi connectivity index (χ1n) is 8.36. The number of fused-ring (bicyclic) bond motifs is 1. The van der Waals surface area contributed by atoms with Gasteiger partial charge in [0.1, 0.15) is 5.65 Å². The number of rotatable bonds is 5. The molecule has 0 unspecified atom stereocenters. The van der Waals surface area contributed by atoms with Gasteiger partial charge in [0.2, 0.25) is 0 Å². The van der Waals surface area contributed by atoms with Gasteiger partial charge in [-0.2, -0.15) is 0 Å². The van der Waals surface area contributed by atoms with Crippen molar-refractivity contribution >= 4 is 47.2 Å². The summed E-state index contributed by atoms with van der Waals surface area (Å²) in [4.78, 5) is 9.25. The van der Waals surface area contributed by atoms with Crippen molar-refractivity contribution in [3.05, 3.63) is 70.6 Å². The normalized spacial score (nSPS) is 11.3. The van der Waals surface area contributed by atoms with Crippen molar-refractivity contribution in [1.29, 1.82) is 0 Å². The number of nitrogens with one attached hydrogen (secondary N) is 2. The van der Waals surface area contributed by atoms with Crippen LogP contribution < -0.4 is 10.6 Å². The number of halogens is 2. The number of guanidine groups is 1. The van der Waals surface area contributed by atoms with Crippen LogP contribution >= 0.6 is 35.6 Å². The summed E-state index contributed by atoms with van der Waals surface area (Å²) in [7, 11) is 0. The van der Waals surface area contributed by atoms with Gasteiger partial charge in [-0.05, 0) is 43.7 Å². The minimum Gasteiger partial charge on any atom is -0.357 e. The maximum absolute atomic E-state index is 5.92. The average Bonchev–Trinajstić information content (AvgIpc) is 3.03. The van der Waals surface area contributed by atoms with Crippen molar-refractivity contribution < 1.29 is 0 Å². The zero-order valence-electron chi connectivity index (χ0n) is 14.9. The lowest BCUT2D eigenvalue weighted by Gasteiger charge is -2.10. The molecule has 0 saturated carbocycles. The van der Waals surface area contributed by atoms with Gasteiger partial charge >= 0.3 is 0 Å². The molecular formula is C19H23ClIN5. The van der Waals surface area contributed by atoms with Crippen LogP contribution in [0.15, 0.2) is 53.7 Å². The van der Waals surface area contributed by atoms with Crippen LogP contribution in [-0.4, -0.2) is 21.9 Å². The number of nitrogens with zero attached hydrogens (tertiary/aromatic N) is 3. The van der Waals surface area contributed by atoms with Gasteiger partial charge in [-0.1, -0.05) is 29.8 Å². The quantitative estimate of drug-likeness (QED) is 0.325. The Morgan fingerprint density at radius 3 is 2.62 bits per heavy atom. The van der Waals surface area contributed by atoms with Gasteiger partial charge < -0.3 is 15.0 Å². The third kappa shape index (κ3) is 5.35. The van der Waals surface area contributed by atoms with E-state index in [2.05, 4.69) is 44.2 Å². The Labute approximate surface area is 175 Å². The minimum absolute atomic E-state index is 0. The Balaban J connectivity index is 0.00000243. The van der Waals surface area contributed by atoms with E-state index in [9.17, 15) is 0 Å². The zero-order valence-corrected chi connectivity index (χ0v) is 18.0. The summed E-state index contributed by atoms with van der Waals surface area (Å²) in [5.74, 6) is 0.770. The van der Waals surface area contributed by atoms with Gasteiger partial charge in [0, 0.05) is 23.5 Å². The van der Waals surface area contributed by atoms with Gasteiger partial charge in [0.15, 0.2) is 5.96 Å². The van der Waals surface area contributed by atoms with Gasteiger partial charge in [0.25, 0.3) is 0 Å². The molecule has 0 fully saturated rings. The van der Waals surface area contributed by atoms with Crippen molar-refractivity contribution in [2.24, 2.45) is 4.99 Å². The third-order valence-corrected chi connectivity index (χ3v) is 4.11. The molecule has 2 heterocycles. The van der Waals surface area contributed by atoms with Crippen LogP contribution in [0.2, 0.25) is 5.02 Å². The molecule has 26 heavy (non-hydrogen) atoms. The molecule has 0 atom stereocenters. The smallest absolute Gasteiger partial charge is 0.191 e. The van der Waals surface area contributed by atoms with Crippen molar-refractivity contribution in [1.82, 2.24) is 20.0 Å². The lowest BCUT2D eigenvalue weighted by Crippen LogP contribution is -2.36. The summed E-state index contributed by atoms with van der Waals surface area (Å²) < 4.78 is 2.09. The highest BCUT2D eigenvalue weighted by atomic mass is 127. The summed E-state index contributed by atoms with van der Waals surface area (Å²) in [6, 6.07) is 13.8. The minimum atomic E-state index is 0. The molecule has 138 valence electrons. The van der Waals surface area contributed by atoms with E-state index in [0.29, 0.717) is 13.1 Å². The van der Waals surface area contributed by atoms with Gasteiger partial charge in [-0.3, -0.25) is 0 Å². The highest BCUT2D eigenvalue weighted by molar-refractivity contribution is 14.0. The Morgan fingerprint density at radius 1 is 1.15 bits per heavy atom. The number of aliphatic imine (C=N–C) groups is 1. The molecule has 0 radical (unpaired) electrons. The van der Waals surface area contributed by atoms with Crippen LogP contribution in [0.3, 0.4) is 0 Å². The summed E-state index contributed by atoms with van der Waals surface area (Å²) in [5.41, 5.74) is 4.22. The molecule has 0 aliphatic rings. The fourth-order valence-corrected chi connectivity index (χ4v) is 2.69. The topological polar surface area (TPSA) is 53.7 Å². The van der Waals surface area contributed by atoms with E-state index in [0.717, 1.165) is 34.4 Å². The Kier molecular flexibility index (Phi) is 7.71. The molecule has 7 heteroatoms. The molecule has 3 aromatic rings. The first-order chi connectivity index (χ1) is 12.2. The fourth-order valence-electron chi connectivity index (χ4n) is 2.56. The first-order valence-corrected chi connectivity index (χ1v) is 8.73.